The molecular formula is C20H25N3O3. The number of piperidine rings is 1. The Morgan fingerprint density at radius 2 is 2.08 bits per heavy atom. The highest BCUT2D eigenvalue weighted by Gasteiger charge is 2.49. The number of aliphatic hydroxyl groups excluding tert-OH is 1. The largest absolute Gasteiger partial charge is 0.481 e. The summed E-state index contributed by atoms with van der Waals surface area (Å²) in [5, 5.41) is 20.6. The van der Waals surface area contributed by atoms with E-state index in [9.17, 15) is 15.0 Å². The fourth-order valence-corrected chi connectivity index (χ4v) is 3.65. The SMILES string of the molecule is CCc1nc(N2CC[C@@H](O)[C@](Cc3ccccc3)(C(=O)O)C2)ncc1C. The van der Waals surface area contributed by atoms with Crippen molar-refractivity contribution in [2.45, 2.75) is 39.2 Å². The molecule has 0 bridgehead atoms. The van der Waals surface area contributed by atoms with Crippen molar-refractivity contribution in [3.05, 3.63) is 53.3 Å². The molecule has 1 aliphatic rings. The van der Waals surface area contributed by atoms with Crippen molar-refractivity contribution in [1.29, 1.82) is 0 Å². The molecule has 1 aliphatic heterocycles. The summed E-state index contributed by atoms with van der Waals surface area (Å²) in [6.45, 7) is 4.73. The highest BCUT2D eigenvalue weighted by atomic mass is 16.4. The van der Waals surface area contributed by atoms with Gasteiger partial charge < -0.3 is 15.1 Å². The van der Waals surface area contributed by atoms with E-state index < -0.39 is 17.5 Å². The maximum Gasteiger partial charge on any atom is 0.314 e. The monoisotopic (exact) mass is 355 g/mol. The van der Waals surface area contributed by atoms with E-state index in [1.54, 1.807) is 6.20 Å². The number of aromatic nitrogens is 2. The summed E-state index contributed by atoms with van der Waals surface area (Å²) in [4.78, 5) is 23.1. The Hall–Kier alpha value is -2.47. The van der Waals surface area contributed by atoms with Crippen LogP contribution in [0.2, 0.25) is 0 Å². The molecule has 0 amide bonds. The third kappa shape index (κ3) is 3.42. The molecule has 0 spiro atoms. The quantitative estimate of drug-likeness (QED) is 0.855. The molecule has 3 rings (SSSR count). The van der Waals surface area contributed by atoms with Gasteiger partial charge in [-0.15, -0.1) is 0 Å². The Balaban J connectivity index is 1.93. The highest BCUT2D eigenvalue weighted by molar-refractivity contribution is 5.77. The molecule has 0 unspecified atom stereocenters. The van der Waals surface area contributed by atoms with Crippen molar-refractivity contribution < 1.29 is 15.0 Å². The molecule has 0 aliphatic carbocycles. The van der Waals surface area contributed by atoms with E-state index in [4.69, 9.17) is 0 Å². The lowest BCUT2D eigenvalue weighted by atomic mass is 9.73. The number of hydrogen-bond acceptors (Lipinski definition) is 5. The average Bonchev–Trinajstić information content (AvgIpc) is 2.64. The zero-order valence-electron chi connectivity index (χ0n) is 15.2. The van der Waals surface area contributed by atoms with Crippen molar-refractivity contribution in [3.63, 3.8) is 0 Å². The van der Waals surface area contributed by atoms with Crippen LogP contribution in [0.1, 0.15) is 30.2 Å². The van der Waals surface area contributed by atoms with Crippen LogP contribution in [0.15, 0.2) is 36.5 Å². The molecule has 6 heteroatoms. The summed E-state index contributed by atoms with van der Waals surface area (Å²) in [6.07, 6.45) is 2.32. The zero-order valence-corrected chi connectivity index (χ0v) is 15.2. The minimum absolute atomic E-state index is 0.185. The molecule has 1 fully saturated rings. The molecule has 138 valence electrons. The maximum absolute atomic E-state index is 12.2. The Bertz CT molecular complexity index is 781. The first-order valence-corrected chi connectivity index (χ1v) is 8.99. The van der Waals surface area contributed by atoms with Crippen molar-refractivity contribution >= 4 is 11.9 Å². The minimum atomic E-state index is -1.28. The zero-order chi connectivity index (χ0) is 18.7. The summed E-state index contributed by atoms with van der Waals surface area (Å²) in [7, 11) is 0. The summed E-state index contributed by atoms with van der Waals surface area (Å²) >= 11 is 0. The lowest BCUT2D eigenvalue weighted by molar-refractivity contribution is -0.157. The van der Waals surface area contributed by atoms with Crippen molar-refractivity contribution in [2.24, 2.45) is 5.41 Å². The van der Waals surface area contributed by atoms with Crippen LogP contribution in [0.25, 0.3) is 0 Å². The first-order chi connectivity index (χ1) is 12.5. The Labute approximate surface area is 153 Å². The van der Waals surface area contributed by atoms with Crippen LogP contribution in [-0.2, 0) is 17.6 Å². The molecule has 1 aromatic heterocycles. The van der Waals surface area contributed by atoms with Crippen LogP contribution in [0.4, 0.5) is 5.95 Å². The number of anilines is 1. The second-order valence-corrected chi connectivity index (χ2v) is 7.00. The summed E-state index contributed by atoms with van der Waals surface area (Å²) in [5.74, 6) is -0.445. The first kappa shape index (κ1) is 18.3. The fourth-order valence-electron chi connectivity index (χ4n) is 3.65. The third-order valence-corrected chi connectivity index (χ3v) is 5.25. The number of carboxylic acids is 1. The van der Waals surface area contributed by atoms with E-state index in [0.29, 0.717) is 18.9 Å². The predicted octanol–water partition coefficient (Wildman–Crippen LogP) is 2.23. The van der Waals surface area contributed by atoms with Crippen LogP contribution in [-0.4, -0.2) is 45.3 Å². The van der Waals surface area contributed by atoms with Gasteiger partial charge in [0, 0.05) is 25.0 Å². The van der Waals surface area contributed by atoms with Gasteiger partial charge in [-0.2, -0.15) is 0 Å². The number of rotatable bonds is 5. The van der Waals surface area contributed by atoms with Crippen LogP contribution >= 0.6 is 0 Å². The summed E-state index contributed by atoms with van der Waals surface area (Å²) in [5.41, 5.74) is 1.61. The van der Waals surface area contributed by atoms with Gasteiger partial charge in [-0.1, -0.05) is 37.3 Å². The second-order valence-electron chi connectivity index (χ2n) is 7.00. The van der Waals surface area contributed by atoms with Crippen LogP contribution in [0.5, 0.6) is 0 Å². The van der Waals surface area contributed by atoms with Crippen LogP contribution in [0, 0.1) is 12.3 Å². The molecule has 0 saturated carbocycles. The molecule has 2 N–H and O–H groups in total. The second kappa shape index (κ2) is 7.41. The number of nitrogens with zero attached hydrogens (tertiary/aromatic N) is 3. The third-order valence-electron chi connectivity index (χ3n) is 5.25. The van der Waals surface area contributed by atoms with Crippen LogP contribution in [0.3, 0.4) is 0 Å². The number of aryl methyl sites for hydroxylation is 2. The van der Waals surface area contributed by atoms with Gasteiger partial charge in [0.25, 0.3) is 0 Å². The highest BCUT2D eigenvalue weighted by Crippen LogP contribution is 2.36. The van der Waals surface area contributed by atoms with E-state index in [0.717, 1.165) is 23.2 Å². The van der Waals surface area contributed by atoms with Gasteiger partial charge in [0.1, 0.15) is 5.41 Å². The lowest BCUT2D eigenvalue weighted by Gasteiger charge is -2.43. The molecule has 2 atom stereocenters. The van der Waals surface area contributed by atoms with Gasteiger partial charge in [-0.3, -0.25) is 4.79 Å². The van der Waals surface area contributed by atoms with Gasteiger partial charge >= 0.3 is 5.97 Å². The van der Waals surface area contributed by atoms with Gasteiger partial charge in [-0.05, 0) is 37.3 Å². The van der Waals surface area contributed by atoms with E-state index in [1.165, 1.54) is 0 Å². The normalized spacial score (nSPS) is 23.0. The van der Waals surface area contributed by atoms with Crippen molar-refractivity contribution in [1.82, 2.24) is 9.97 Å². The van der Waals surface area contributed by atoms with E-state index >= 15 is 0 Å². The van der Waals surface area contributed by atoms with Gasteiger partial charge in [0.15, 0.2) is 0 Å². The Kier molecular flexibility index (Phi) is 5.23. The number of carbonyl (C=O) groups is 1. The van der Waals surface area contributed by atoms with Gasteiger partial charge in [0.2, 0.25) is 5.95 Å². The molecular weight excluding hydrogens is 330 g/mol. The molecule has 1 saturated heterocycles. The van der Waals surface area contributed by atoms with Crippen LogP contribution < -0.4 is 4.90 Å². The fraction of sp³-hybridized carbons (Fsp3) is 0.450. The lowest BCUT2D eigenvalue weighted by Crippen LogP contribution is -2.57. The van der Waals surface area contributed by atoms with E-state index in [2.05, 4.69) is 9.97 Å². The molecule has 0 radical (unpaired) electrons. The number of aliphatic hydroxyl groups is 1. The summed E-state index contributed by atoms with van der Waals surface area (Å²) in [6, 6.07) is 9.46. The standard InChI is InChI=1S/C20H25N3O3/c1-3-16-14(2)12-21-19(22-16)23-10-9-17(24)20(13-23,18(25)26)11-15-7-5-4-6-8-15/h4-8,12,17,24H,3,9-11,13H2,1-2H3,(H,25,26)/t17-,20-/m1/s1. The number of benzene rings is 1. The Morgan fingerprint density at radius 3 is 2.73 bits per heavy atom. The van der Waals surface area contributed by atoms with Crippen molar-refractivity contribution in [3.8, 4) is 0 Å². The smallest absolute Gasteiger partial charge is 0.314 e. The molecule has 1 aromatic carbocycles. The molecule has 2 heterocycles. The van der Waals surface area contributed by atoms with Gasteiger partial charge in [0.05, 0.1) is 6.10 Å². The van der Waals surface area contributed by atoms with E-state index in [1.807, 2.05) is 49.1 Å². The molecule has 2 aromatic rings. The molecule has 6 nitrogen and oxygen atoms in total. The topological polar surface area (TPSA) is 86.5 Å². The van der Waals surface area contributed by atoms with E-state index in [-0.39, 0.29) is 13.0 Å². The maximum atomic E-state index is 12.2. The minimum Gasteiger partial charge on any atom is -0.481 e. The van der Waals surface area contributed by atoms with Gasteiger partial charge in [-0.25, -0.2) is 9.97 Å². The average molecular weight is 355 g/mol. The predicted molar refractivity (Wildman–Crippen MR) is 99.2 cm³/mol. The first-order valence-electron chi connectivity index (χ1n) is 8.99. The number of carboxylic acid groups (broad SMARTS) is 1. The number of hydrogen-bond donors (Lipinski definition) is 2. The van der Waals surface area contributed by atoms with Crippen molar-refractivity contribution in [2.75, 3.05) is 18.0 Å². The molecule has 26 heavy (non-hydrogen) atoms. The summed E-state index contributed by atoms with van der Waals surface area (Å²) < 4.78 is 0. The Morgan fingerprint density at radius 1 is 1.35 bits per heavy atom. The number of aliphatic carboxylic acids is 1.